The van der Waals surface area contributed by atoms with Crippen molar-refractivity contribution in [1.29, 1.82) is 0 Å². The summed E-state index contributed by atoms with van der Waals surface area (Å²) in [5, 5.41) is 8.83. The van der Waals surface area contributed by atoms with E-state index < -0.39 is 11.9 Å². The molecule has 0 aromatic carbocycles. The molecule has 0 saturated heterocycles. The van der Waals surface area contributed by atoms with Gasteiger partial charge in [-0.3, -0.25) is 9.59 Å². The van der Waals surface area contributed by atoms with Crippen molar-refractivity contribution >= 4 is 18.2 Å². The van der Waals surface area contributed by atoms with Gasteiger partial charge in [-0.05, 0) is 18.1 Å². The zero-order chi connectivity index (χ0) is 12.3. The molecule has 86 valence electrons. The molecule has 2 N–H and O–H groups in total. The number of esters is 1. The summed E-state index contributed by atoms with van der Waals surface area (Å²) >= 11 is 0. The highest BCUT2D eigenvalue weighted by Gasteiger charge is 2.20. The van der Waals surface area contributed by atoms with Gasteiger partial charge in [-0.25, -0.2) is 4.79 Å². The molecule has 1 heterocycles. The van der Waals surface area contributed by atoms with E-state index in [0.29, 0.717) is 17.4 Å². The third kappa shape index (κ3) is 2.10. The van der Waals surface area contributed by atoms with Gasteiger partial charge in [0.15, 0.2) is 6.29 Å². The Morgan fingerprint density at radius 3 is 2.56 bits per heavy atom. The van der Waals surface area contributed by atoms with Crippen LogP contribution in [0.1, 0.15) is 32.1 Å². The van der Waals surface area contributed by atoms with Gasteiger partial charge in [-0.1, -0.05) is 0 Å². The summed E-state index contributed by atoms with van der Waals surface area (Å²) in [5.41, 5.74) is 0.751. The highest BCUT2D eigenvalue weighted by molar-refractivity contribution is 5.92. The van der Waals surface area contributed by atoms with Crippen molar-refractivity contribution in [2.75, 3.05) is 7.11 Å². The maximum absolute atomic E-state index is 11.1. The molecule has 0 aliphatic rings. The summed E-state index contributed by atoms with van der Waals surface area (Å²) in [4.78, 5) is 35.0. The Kier molecular flexibility index (Phi) is 3.44. The zero-order valence-electron chi connectivity index (χ0n) is 8.86. The van der Waals surface area contributed by atoms with Gasteiger partial charge < -0.3 is 14.8 Å². The Morgan fingerprint density at radius 2 is 2.12 bits per heavy atom. The number of methoxy groups -OCH3 is 1. The number of aromatic amines is 1. The maximum Gasteiger partial charge on any atom is 0.352 e. The predicted molar refractivity (Wildman–Crippen MR) is 53.6 cm³/mol. The Labute approximate surface area is 91.2 Å². The van der Waals surface area contributed by atoms with E-state index in [-0.39, 0.29) is 17.8 Å². The second-order valence-electron chi connectivity index (χ2n) is 3.19. The lowest BCUT2D eigenvalue weighted by Gasteiger charge is -1.99. The summed E-state index contributed by atoms with van der Waals surface area (Å²) in [7, 11) is 1.23. The van der Waals surface area contributed by atoms with Crippen molar-refractivity contribution in [1.82, 2.24) is 4.98 Å². The van der Waals surface area contributed by atoms with E-state index in [0.717, 1.165) is 0 Å². The molecule has 16 heavy (non-hydrogen) atoms. The van der Waals surface area contributed by atoms with Gasteiger partial charge in [-0.15, -0.1) is 0 Å². The number of carbonyl (C=O) groups is 3. The lowest BCUT2D eigenvalue weighted by Crippen LogP contribution is -2.07. The number of carboxylic acids is 1. The first-order valence-corrected chi connectivity index (χ1v) is 4.48. The number of nitrogens with one attached hydrogen (secondary N) is 1. The normalized spacial score (nSPS) is 9.88. The minimum atomic E-state index is -1.17. The van der Waals surface area contributed by atoms with Crippen LogP contribution in [0.2, 0.25) is 0 Å². The van der Waals surface area contributed by atoms with E-state index >= 15 is 0 Å². The smallest absolute Gasteiger partial charge is 0.352 e. The number of rotatable bonds is 4. The molecular formula is C10H11NO5. The average Bonchev–Trinajstić information content (AvgIpc) is 2.56. The minimum absolute atomic E-state index is 0.0824. The third-order valence-corrected chi connectivity index (χ3v) is 2.29. The molecule has 6 heteroatoms. The van der Waals surface area contributed by atoms with Crippen molar-refractivity contribution in [3.05, 3.63) is 22.5 Å². The number of ether oxygens (including phenoxy) is 1. The second-order valence-corrected chi connectivity index (χ2v) is 3.19. The van der Waals surface area contributed by atoms with Crippen LogP contribution < -0.4 is 0 Å². The van der Waals surface area contributed by atoms with E-state index in [1.807, 2.05) is 0 Å². The van der Waals surface area contributed by atoms with E-state index in [1.54, 1.807) is 0 Å². The van der Waals surface area contributed by atoms with Crippen molar-refractivity contribution in [2.24, 2.45) is 0 Å². The summed E-state index contributed by atoms with van der Waals surface area (Å²) in [5.74, 6) is -1.70. The van der Waals surface area contributed by atoms with Crippen LogP contribution in [-0.4, -0.2) is 35.4 Å². The summed E-state index contributed by atoms with van der Waals surface area (Å²) in [6, 6.07) is 0. The number of hydrogen-bond donors (Lipinski definition) is 2. The lowest BCUT2D eigenvalue weighted by atomic mass is 10.1. The highest BCUT2D eigenvalue weighted by atomic mass is 16.5. The van der Waals surface area contributed by atoms with Gasteiger partial charge in [-0.2, -0.15) is 0 Å². The van der Waals surface area contributed by atoms with Crippen LogP contribution in [0.3, 0.4) is 0 Å². The lowest BCUT2D eigenvalue weighted by molar-refractivity contribution is -0.139. The van der Waals surface area contributed by atoms with Crippen LogP contribution in [0.5, 0.6) is 0 Å². The topological polar surface area (TPSA) is 96.5 Å². The maximum atomic E-state index is 11.1. The molecule has 0 saturated carbocycles. The fourth-order valence-corrected chi connectivity index (χ4v) is 1.42. The van der Waals surface area contributed by atoms with Gasteiger partial charge in [0, 0.05) is 0 Å². The van der Waals surface area contributed by atoms with Crippen LogP contribution >= 0.6 is 0 Å². The van der Waals surface area contributed by atoms with Gasteiger partial charge in [0.1, 0.15) is 5.69 Å². The van der Waals surface area contributed by atoms with E-state index in [9.17, 15) is 14.4 Å². The van der Waals surface area contributed by atoms with Crippen molar-refractivity contribution in [2.45, 2.75) is 13.3 Å². The monoisotopic (exact) mass is 225 g/mol. The second kappa shape index (κ2) is 4.61. The fourth-order valence-electron chi connectivity index (χ4n) is 1.42. The van der Waals surface area contributed by atoms with Gasteiger partial charge in [0.25, 0.3) is 0 Å². The van der Waals surface area contributed by atoms with Gasteiger partial charge in [0.2, 0.25) is 0 Å². The Bertz CT molecular complexity index is 446. The molecule has 1 aromatic rings. The molecule has 0 fully saturated rings. The average molecular weight is 225 g/mol. The van der Waals surface area contributed by atoms with Crippen LogP contribution in [-0.2, 0) is 16.0 Å². The fraction of sp³-hybridized carbons (Fsp3) is 0.300. The summed E-state index contributed by atoms with van der Waals surface area (Å²) in [6.07, 6.45) is 0.359. The molecular weight excluding hydrogens is 214 g/mol. The number of H-pyrrole nitrogens is 1. The zero-order valence-corrected chi connectivity index (χ0v) is 8.86. The van der Waals surface area contributed by atoms with E-state index in [2.05, 4.69) is 9.72 Å². The van der Waals surface area contributed by atoms with Gasteiger partial charge >= 0.3 is 11.9 Å². The molecule has 1 rings (SSSR count). The number of aldehydes is 1. The quantitative estimate of drug-likeness (QED) is 0.576. The molecule has 0 spiro atoms. The van der Waals surface area contributed by atoms with Crippen molar-refractivity contribution in [3.8, 4) is 0 Å². The van der Waals surface area contributed by atoms with Gasteiger partial charge in [0.05, 0.1) is 19.2 Å². The number of aromatic nitrogens is 1. The Hall–Kier alpha value is -2.11. The molecule has 6 nitrogen and oxygen atoms in total. The van der Waals surface area contributed by atoms with Crippen molar-refractivity contribution < 1.29 is 24.2 Å². The summed E-state index contributed by atoms with van der Waals surface area (Å²) in [6.45, 7) is 1.53. The number of aromatic carboxylic acids is 1. The van der Waals surface area contributed by atoms with Crippen molar-refractivity contribution in [3.63, 3.8) is 0 Å². The largest absolute Gasteiger partial charge is 0.477 e. The molecule has 0 radical (unpaired) electrons. The summed E-state index contributed by atoms with van der Waals surface area (Å²) < 4.78 is 4.46. The number of hydrogen-bond acceptors (Lipinski definition) is 4. The van der Waals surface area contributed by atoms with E-state index in [1.165, 1.54) is 14.0 Å². The molecule has 1 aromatic heterocycles. The van der Waals surface area contributed by atoms with Crippen LogP contribution in [0.15, 0.2) is 0 Å². The molecule has 0 unspecified atom stereocenters. The van der Waals surface area contributed by atoms with Crippen LogP contribution in [0, 0.1) is 6.92 Å². The Balaban J connectivity index is 3.20. The SMILES string of the molecule is COC(=O)Cc1c(C=O)[nH]c(C(=O)O)c1C. The first-order valence-electron chi connectivity index (χ1n) is 4.48. The third-order valence-electron chi connectivity index (χ3n) is 2.29. The molecule has 0 bridgehead atoms. The number of carbonyl (C=O) groups excluding carboxylic acids is 2. The minimum Gasteiger partial charge on any atom is -0.477 e. The first kappa shape index (κ1) is 12.0. The van der Waals surface area contributed by atoms with E-state index in [4.69, 9.17) is 5.11 Å². The van der Waals surface area contributed by atoms with Crippen LogP contribution in [0.25, 0.3) is 0 Å². The molecule has 0 aliphatic heterocycles. The van der Waals surface area contributed by atoms with Crippen LogP contribution in [0.4, 0.5) is 0 Å². The number of carboxylic acid groups (broad SMARTS) is 1. The molecule has 0 amide bonds. The first-order chi connectivity index (χ1) is 7.51. The predicted octanol–water partition coefficient (Wildman–Crippen LogP) is 0.549. The highest BCUT2D eigenvalue weighted by Crippen LogP contribution is 2.18. The molecule has 0 atom stereocenters. The Morgan fingerprint density at radius 1 is 1.50 bits per heavy atom. The standard InChI is InChI=1S/C10H11NO5/c1-5-6(3-8(13)16-2)7(4-12)11-9(5)10(14)15/h4,11H,3H2,1-2H3,(H,14,15). The molecule has 0 aliphatic carbocycles.